The number of nitrogens with one attached hydrogen (secondary N) is 2. The van der Waals surface area contributed by atoms with Crippen LogP contribution in [0.1, 0.15) is 24.8 Å². The molecule has 27 heavy (non-hydrogen) atoms. The molecule has 0 saturated heterocycles. The van der Waals surface area contributed by atoms with Gasteiger partial charge in [0, 0.05) is 11.6 Å². The smallest absolute Gasteiger partial charge is 0.229 e. The van der Waals surface area contributed by atoms with Crippen LogP contribution in [0.4, 0.5) is 5.69 Å². The number of hydrogen-bond acceptors (Lipinski definition) is 4. The Bertz CT molecular complexity index is 906. The van der Waals surface area contributed by atoms with Crippen LogP contribution in [-0.2, 0) is 21.1 Å². The highest BCUT2D eigenvalue weighted by molar-refractivity contribution is 7.91. The molecule has 0 heterocycles. The molecule has 1 aliphatic carbocycles. The van der Waals surface area contributed by atoms with E-state index in [9.17, 15) is 13.2 Å². The number of amides is 1. The molecule has 0 aromatic heterocycles. The van der Waals surface area contributed by atoms with Gasteiger partial charge in [0.1, 0.15) is 0 Å². The SMILES string of the molecule is O=C(NC(=S)Nc1ccc(S(=O)(=O)CCCc2ccccc2)cc1)C1CC1. The first-order valence-electron chi connectivity index (χ1n) is 8.93. The van der Waals surface area contributed by atoms with Crippen LogP contribution in [-0.4, -0.2) is 25.2 Å². The third kappa shape index (κ3) is 5.87. The van der Waals surface area contributed by atoms with Crippen molar-refractivity contribution in [2.24, 2.45) is 5.92 Å². The standard InChI is InChI=1S/C20H22N2O3S2/c23-19(16-8-9-16)22-20(26)21-17-10-12-18(13-11-17)27(24,25)14-4-7-15-5-2-1-3-6-15/h1-3,5-6,10-13,16H,4,7-9,14H2,(H2,21,22,23,26). The van der Waals surface area contributed by atoms with Crippen molar-refractivity contribution in [1.29, 1.82) is 0 Å². The van der Waals surface area contributed by atoms with Gasteiger partial charge in [-0.15, -0.1) is 0 Å². The molecular formula is C20H22N2O3S2. The van der Waals surface area contributed by atoms with E-state index in [1.54, 1.807) is 24.3 Å². The summed E-state index contributed by atoms with van der Waals surface area (Å²) in [5.74, 6) is 0.114. The average Bonchev–Trinajstić information content (AvgIpc) is 3.48. The van der Waals surface area contributed by atoms with Crippen LogP contribution in [0, 0.1) is 5.92 Å². The lowest BCUT2D eigenvalue weighted by Gasteiger charge is -2.10. The van der Waals surface area contributed by atoms with Crippen molar-refractivity contribution in [3.8, 4) is 0 Å². The quantitative estimate of drug-likeness (QED) is 0.695. The molecule has 2 N–H and O–H groups in total. The molecule has 7 heteroatoms. The minimum absolute atomic E-state index is 0.0647. The zero-order valence-electron chi connectivity index (χ0n) is 14.9. The minimum Gasteiger partial charge on any atom is -0.332 e. The van der Waals surface area contributed by atoms with Crippen LogP contribution in [0.25, 0.3) is 0 Å². The summed E-state index contributed by atoms with van der Waals surface area (Å²) in [7, 11) is -3.33. The lowest BCUT2D eigenvalue weighted by atomic mass is 10.1. The number of carbonyl (C=O) groups is 1. The van der Waals surface area contributed by atoms with Crippen molar-refractivity contribution >= 4 is 38.8 Å². The number of carbonyl (C=O) groups excluding carboxylic acids is 1. The fourth-order valence-corrected chi connectivity index (χ4v) is 4.23. The summed E-state index contributed by atoms with van der Waals surface area (Å²) in [6.45, 7) is 0. The van der Waals surface area contributed by atoms with Crippen LogP contribution in [0.2, 0.25) is 0 Å². The van der Waals surface area contributed by atoms with Crippen LogP contribution in [0.3, 0.4) is 0 Å². The zero-order valence-corrected chi connectivity index (χ0v) is 16.5. The first kappa shape index (κ1) is 19.5. The third-order valence-corrected chi connectivity index (χ3v) is 6.40. The second-order valence-corrected chi connectivity index (χ2v) is 9.17. The Morgan fingerprint density at radius 2 is 1.70 bits per heavy atom. The predicted molar refractivity (Wildman–Crippen MR) is 110 cm³/mol. The van der Waals surface area contributed by atoms with E-state index >= 15 is 0 Å². The number of anilines is 1. The summed E-state index contributed by atoms with van der Waals surface area (Å²) in [5, 5.41) is 5.77. The normalized spacial score (nSPS) is 13.8. The Kier molecular flexibility index (Phi) is 6.23. The fraction of sp³-hybridized carbons (Fsp3) is 0.300. The maximum absolute atomic E-state index is 12.5. The van der Waals surface area contributed by atoms with Gasteiger partial charge in [-0.1, -0.05) is 30.3 Å². The van der Waals surface area contributed by atoms with E-state index in [2.05, 4.69) is 10.6 Å². The Morgan fingerprint density at radius 3 is 2.33 bits per heavy atom. The van der Waals surface area contributed by atoms with Crippen LogP contribution < -0.4 is 10.6 Å². The Labute approximate surface area is 165 Å². The maximum Gasteiger partial charge on any atom is 0.229 e. The number of rotatable bonds is 7. The van der Waals surface area contributed by atoms with Crippen molar-refractivity contribution in [3.05, 3.63) is 60.2 Å². The van der Waals surface area contributed by atoms with E-state index in [0.717, 1.165) is 24.8 Å². The molecule has 1 amide bonds. The van der Waals surface area contributed by atoms with Crippen molar-refractivity contribution in [3.63, 3.8) is 0 Å². The molecule has 0 atom stereocenters. The largest absolute Gasteiger partial charge is 0.332 e. The molecule has 0 spiro atoms. The molecular weight excluding hydrogens is 380 g/mol. The van der Waals surface area contributed by atoms with E-state index in [-0.39, 0.29) is 27.6 Å². The van der Waals surface area contributed by atoms with E-state index in [4.69, 9.17) is 12.2 Å². The van der Waals surface area contributed by atoms with Gasteiger partial charge >= 0.3 is 0 Å². The summed E-state index contributed by atoms with van der Waals surface area (Å²) in [5.41, 5.74) is 1.77. The number of hydrogen-bond donors (Lipinski definition) is 2. The zero-order chi connectivity index (χ0) is 19.3. The van der Waals surface area contributed by atoms with Gasteiger partial charge < -0.3 is 10.6 Å². The van der Waals surface area contributed by atoms with Crippen molar-refractivity contribution in [2.75, 3.05) is 11.1 Å². The first-order chi connectivity index (χ1) is 12.9. The van der Waals surface area contributed by atoms with Gasteiger partial charge in [-0.2, -0.15) is 0 Å². The van der Waals surface area contributed by atoms with Gasteiger partial charge in [-0.3, -0.25) is 4.79 Å². The summed E-state index contributed by atoms with van der Waals surface area (Å²) in [4.78, 5) is 12.0. The molecule has 5 nitrogen and oxygen atoms in total. The molecule has 1 fully saturated rings. The lowest BCUT2D eigenvalue weighted by molar-refractivity contribution is -0.120. The first-order valence-corrected chi connectivity index (χ1v) is 11.0. The van der Waals surface area contributed by atoms with E-state index in [0.29, 0.717) is 12.1 Å². The Balaban J connectivity index is 1.52. The Morgan fingerprint density at radius 1 is 1.04 bits per heavy atom. The molecule has 0 aliphatic heterocycles. The molecule has 0 radical (unpaired) electrons. The second kappa shape index (κ2) is 8.63. The van der Waals surface area contributed by atoms with Gasteiger partial charge in [-0.05, 0) is 67.7 Å². The summed E-state index contributed by atoms with van der Waals surface area (Å²) >= 11 is 5.11. The van der Waals surface area contributed by atoms with Gasteiger partial charge in [0.25, 0.3) is 0 Å². The highest BCUT2D eigenvalue weighted by Crippen LogP contribution is 2.28. The summed E-state index contributed by atoms with van der Waals surface area (Å²) in [6.07, 6.45) is 3.12. The highest BCUT2D eigenvalue weighted by Gasteiger charge is 2.30. The lowest BCUT2D eigenvalue weighted by Crippen LogP contribution is -2.35. The minimum atomic E-state index is -3.33. The van der Waals surface area contributed by atoms with E-state index < -0.39 is 9.84 Å². The molecule has 1 aliphatic rings. The number of sulfone groups is 1. The number of benzene rings is 2. The van der Waals surface area contributed by atoms with Crippen molar-refractivity contribution in [1.82, 2.24) is 5.32 Å². The summed E-state index contributed by atoms with van der Waals surface area (Å²) < 4.78 is 25.0. The van der Waals surface area contributed by atoms with Crippen molar-refractivity contribution < 1.29 is 13.2 Å². The van der Waals surface area contributed by atoms with Gasteiger partial charge in [0.05, 0.1) is 10.6 Å². The predicted octanol–water partition coefficient (Wildman–Crippen LogP) is 3.32. The number of thiocarbonyl (C=S) groups is 1. The molecule has 2 aromatic rings. The second-order valence-electron chi connectivity index (χ2n) is 6.65. The monoisotopic (exact) mass is 402 g/mol. The molecule has 2 aromatic carbocycles. The van der Waals surface area contributed by atoms with E-state index in [1.165, 1.54) is 0 Å². The molecule has 1 saturated carbocycles. The Hall–Kier alpha value is -2.25. The van der Waals surface area contributed by atoms with E-state index in [1.807, 2.05) is 30.3 Å². The van der Waals surface area contributed by atoms with Gasteiger partial charge in [0.2, 0.25) is 5.91 Å². The van der Waals surface area contributed by atoms with Crippen LogP contribution >= 0.6 is 12.2 Å². The third-order valence-electron chi connectivity index (χ3n) is 4.38. The topological polar surface area (TPSA) is 75.3 Å². The molecule has 142 valence electrons. The van der Waals surface area contributed by atoms with Crippen LogP contribution in [0.5, 0.6) is 0 Å². The highest BCUT2D eigenvalue weighted by atomic mass is 32.2. The summed E-state index contributed by atoms with van der Waals surface area (Å²) in [6, 6.07) is 16.3. The van der Waals surface area contributed by atoms with Gasteiger partial charge in [0.15, 0.2) is 14.9 Å². The van der Waals surface area contributed by atoms with Crippen molar-refractivity contribution in [2.45, 2.75) is 30.6 Å². The molecule has 0 unspecified atom stereocenters. The average molecular weight is 403 g/mol. The fourth-order valence-electron chi connectivity index (χ4n) is 2.70. The van der Waals surface area contributed by atoms with Gasteiger partial charge in [-0.25, -0.2) is 8.42 Å². The molecule has 0 bridgehead atoms. The maximum atomic E-state index is 12.5. The molecule has 3 rings (SSSR count). The number of aryl methyl sites for hydroxylation is 1. The van der Waals surface area contributed by atoms with Crippen LogP contribution in [0.15, 0.2) is 59.5 Å².